The molecule has 3 N–H and O–H groups in total. The third-order valence-corrected chi connectivity index (χ3v) is 13.1. The van der Waals surface area contributed by atoms with Crippen LogP contribution in [0.5, 0.6) is 5.88 Å². The number of allylic oxidation sites excluding steroid dienone is 1. The maximum atomic E-state index is 14.5. The van der Waals surface area contributed by atoms with Crippen LogP contribution < -0.4 is 20.1 Å². The third kappa shape index (κ3) is 8.20. The first kappa shape index (κ1) is 40.2. The molecule has 0 spiro atoms. The minimum atomic E-state index is -5.31. The van der Waals surface area contributed by atoms with Crippen LogP contribution in [0, 0.1) is 18.7 Å². The molecule has 5 atom stereocenters. The van der Waals surface area contributed by atoms with Gasteiger partial charge in [-0.2, -0.15) is 18.2 Å². The molecule has 2 aliphatic heterocycles. The van der Waals surface area contributed by atoms with Crippen LogP contribution in [-0.2, 0) is 29.2 Å². The van der Waals surface area contributed by atoms with E-state index in [1.165, 1.54) is 18.2 Å². The molecular weight excluding hydrogens is 801 g/mol. The first-order valence-corrected chi connectivity index (χ1v) is 20.9. The summed E-state index contributed by atoms with van der Waals surface area (Å²) in [6.07, 6.45) is -0.669. The Hall–Kier alpha value is -5.59. The molecule has 8 rings (SSSR count). The number of carbonyl (C=O) groups excluding carboxylic acids is 4. The standard InChI is InChI=1S/C40H40F4N6O8S/c1-21-9-11-22(12-10-21)33-46-31-27-17-24(41)13-16-30(27)58-32(31)35(47-33)57-25-18-29-34(51)48-39(37(53)49-59(55,56)26-14-15-26)19-23(39)7-5-3-2-4-6-8-28(36(52)50(29)20-25)45-38(54)40(42,43)44/h5,7,9-13,16-17,23,25-26,28-29H,2-4,6,8,14-15,18-20H2,1H3,(H,45,54)(H,48,51)(H,49,53)/t23-,25-,28+,29+,39-/m1/s1. The second kappa shape index (κ2) is 15.2. The Balaban J connectivity index is 1.16. The van der Waals surface area contributed by atoms with E-state index in [0.717, 1.165) is 10.5 Å². The normalized spacial score (nSPS) is 25.4. The smallest absolute Gasteiger partial charge is 0.470 e. The molecule has 1 saturated heterocycles. The van der Waals surface area contributed by atoms with Crippen LogP contribution in [0.4, 0.5) is 17.6 Å². The number of halogens is 4. The van der Waals surface area contributed by atoms with Gasteiger partial charge in [0.2, 0.25) is 27.4 Å². The van der Waals surface area contributed by atoms with Crippen molar-refractivity contribution in [3.8, 4) is 17.3 Å². The number of amides is 4. The lowest BCUT2D eigenvalue weighted by Gasteiger charge is -2.30. The quantitative estimate of drug-likeness (QED) is 0.171. The molecule has 14 nitrogen and oxygen atoms in total. The number of aromatic nitrogens is 2. The average Bonchev–Trinajstić information content (AvgIpc) is 4.08. The molecule has 0 bridgehead atoms. The second-order valence-electron chi connectivity index (χ2n) is 15.7. The fourth-order valence-corrected chi connectivity index (χ4v) is 9.11. The number of nitrogens with zero attached hydrogens (tertiary/aromatic N) is 3. The van der Waals surface area contributed by atoms with Gasteiger partial charge < -0.3 is 24.7 Å². The lowest BCUT2D eigenvalue weighted by atomic mass is 10.0. The lowest BCUT2D eigenvalue weighted by Crippen LogP contribution is -2.58. The minimum Gasteiger partial charge on any atom is -0.470 e. The highest BCUT2D eigenvalue weighted by Gasteiger charge is 2.62. The van der Waals surface area contributed by atoms with Crippen molar-refractivity contribution in [2.45, 2.75) is 99.9 Å². The Kier molecular flexibility index (Phi) is 10.4. The number of carbonyl (C=O) groups is 4. The summed E-state index contributed by atoms with van der Waals surface area (Å²) >= 11 is 0. The number of hydrogen-bond donors (Lipinski definition) is 3. The number of furan rings is 1. The molecule has 2 aromatic heterocycles. The van der Waals surface area contributed by atoms with Crippen molar-refractivity contribution >= 4 is 55.7 Å². The summed E-state index contributed by atoms with van der Waals surface area (Å²) in [6, 6.07) is 7.94. The van der Waals surface area contributed by atoms with E-state index in [0.29, 0.717) is 43.1 Å². The average molecular weight is 841 g/mol. The first-order valence-electron chi connectivity index (χ1n) is 19.4. The molecule has 4 aliphatic rings. The van der Waals surface area contributed by atoms with Crippen LogP contribution in [0.2, 0.25) is 0 Å². The summed E-state index contributed by atoms with van der Waals surface area (Å²) in [7, 11) is -4.02. The highest BCUT2D eigenvalue weighted by atomic mass is 32.2. The van der Waals surface area contributed by atoms with Gasteiger partial charge in [-0.05, 0) is 63.6 Å². The van der Waals surface area contributed by atoms with E-state index in [2.05, 4.69) is 20.0 Å². The van der Waals surface area contributed by atoms with Crippen molar-refractivity contribution in [2.24, 2.45) is 5.92 Å². The van der Waals surface area contributed by atoms with Crippen molar-refractivity contribution in [1.82, 2.24) is 30.2 Å². The summed E-state index contributed by atoms with van der Waals surface area (Å²) in [4.78, 5) is 64.9. The molecule has 0 radical (unpaired) electrons. The first-order chi connectivity index (χ1) is 28.0. The number of hydrogen-bond acceptors (Lipinski definition) is 10. The number of alkyl halides is 3. The molecule has 312 valence electrons. The molecule has 4 heterocycles. The zero-order chi connectivity index (χ0) is 41.9. The molecule has 2 saturated carbocycles. The van der Waals surface area contributed by atoms with Gasteiger partial charge in [0.05, 0.1) is 11.8 Å². The van der Waals surface area contributed by atoms with Crippen LogP contribution in [0.25, 0.3) is 33.5 Å². The Bertz CT molecular complexity index is 2490. The number of nitrogens with one attached hydrogen (secondary N) is 3. The highest BCUT2D eigenvalue weighted by Crippen LogP contribution is 2.46. The largest absolute Gasteiger partial charge is 0.471 e. The van der Waals surface area contributed by atoms with E-state index in [4.69, 9.17) is 9.15 Å². The van der Waals surface area contributed by atoms with E-state index in [1.54, 1.807) is 24.3 Å². The van der Waals surface area contributed by atoms with Gasteiger partial charge in [-0.15, -0.1) is 0 Å². The molecule has 19 heteroatoms. The van der Waals surface area contributed by atoms with Crippen LogP contribution in [0.15, 0.2) is 59.0 Å². The van der Waals surface area contributed by atoms with Crippen LogP contribution in [-0.4, -0.2) is 88.6 Å². The Labute approximate surface area is 335 Å². The van der Waals surface area contributed by atoms with Crippen LogP contribution in [0.1, 0.15) is 63.4 Å². The van der Waals surface area contributed by atoms with Gasteiger partial charge in [0, 0.05) is 23.3 Å². The van der Waals surface area contributed by atoms with Crippen molar-refractivity contribution < 1.29 is 54.3 Å². The number of fused-ring (bicyclic) bond motifs is 5. The van der Waals surface area contributed by atoms with Gasteiger partial charge in [-0.25, -0.2) is 17.8 Å². The van der Waals surface area contributed by atoms with Gasteiger partial charge in [-0.3, -0.25) is 23.9 Å². The van der Waals surface area contributed by atoms with Crippen LogP contribution >= 0.6 is 0 Å². The number of aryl methyl sites for hydroxylation is 1. The fourth-order valence-electron chi connectivity index (χ4n) is 7.75. The van der Waals surface area contributed by atoms with Crippen molar-refractivity contribution in [2.75, 3.05) is 6.54 Å². The van der Waals surface area contributed by atoms with E-state index in [-0.39, 0.29) is 60.6 Å². The van der Waals surface area contributed by atoms with E-state index in [9.17, 15) is 45.2 Å². The maximum absolute atomic E-state index is 14.5. The van der Waals surface area contributed by atoms with Crippen molar-refractivity contribution in [1.29, 1.82) is 0 Å². The molecule has 59 heavy (non-hydrogen) atoms. The van der Waals surface area contributed by atoms with Gasteiger partial charge in [0.25, 0.3) is 11.8 Å². The maximum Gasteiger partial charge on any atom is 0.471 e. The second-order valence-corrected chi connectivity index (χ2v) is 17.6. The Morgan fingerprint density at radius 1 is 1.03 bits per heavy atom. The zero-order valence-electron chi connectivity index (χ0n) is 31.7. The minimum absolute atomic E-state index is 0.0251. The molecular formula is C40H40F4N6O8S. The van der Waals surface area contributed by atoms with Crippen molar-refractivity contribution in [3.63, 3.8) is 0 Å². The molecule has 4 aromatic rings. The topological polar surface area (TPSA) is 190 Å². The van der Waals surface area contributed by atoms with Gasteiger partial charge in [-0.1, -0.05) is 54.8 Å². The predicted octanol–water partition coefficient (Wildman–Crippen LogP) is 4.89. The molecule has 2 aliphatic carbocycles. The molecule has 0 unspecified atom stereocenters. The lowest BCUT2D eigenvalue weighted by molar-refractivity contribution is -0.175. The number of rotatable bonds is 7. The highest BCUT2D eigenvalue weighted by molar-refractivity contribution is 7.91. The zero-order valence-corrected chi connectivity index (χ0v) is 32.5. The molecule has 4 amide bonds. The predicted molar refractivity (Wildman–Crippen MR) is 203 cm³/mol. The summed E-state index contributed by atoms with van der Waals surface area (Å²) in [6.45, 7) is 1.51. The number of sulfonamides is 1. The summed E-state index contributed by atoms with van der Waals surface area (Å²) in [5, 5.41) is 4.10. The molecule has 3 fully saturated rings. The third-order valence-electron chi connectivity index (χ3n) is 11.2. The number of benzene rings is 2. The van der Waals surface area contributed by atoms with Crippen LogP contribution in [0.3, 0.4) is 0 Å². The SMILES string of the molecule is Cc1ccc(-c2nc(O[C@@H]3C[C@H]4C(=O)N[C@]5(C(=O)NS(=O)(=O)C6CC6)C[C@H]5C=CCCCCC[C@H](NC(=O)C(F)(F)F)C(=O)N4C3)c3oc4ccc(F)cc4c3n2)cc1. The van der Waals surface area contributed by atoms with Gasteiger partial charge >= 0.3 is 12.1 Å². The molecule has 2 aromatic carbocycles. The van der Waals surface area contributed by atoms with Crippen molar-refractivity contribution in [3.05, 3.63) is 66.0 Å². The van der Waals surface area contributed by atoms with E-state index in [1.807, 2.05) is 24.4 Å². The monoisotopic (exact) mass is 840 g/mol. The summed E-state index contributed by atoms with van der Waals surface area (Å²) in [5.74, 6) is -6.24. The van der Waals surface area contributed by atoms with E-state index < -0.39 is 80.5 Å². The Morgan fingerprint density at radius 2 is 1.80 bits per heavy atom. The summed E-state index contributed by atoms with van der Waals surface area (Å²) in [5.41, 5.74) is 0.333. The Morgan fingerprint density at radius 3 is 2.53 bits per heavy atom. The summed E-state index contributed by atoms with van der Waals surface area (Å²) < 4.78 is 95.3. The number of ether oxygens (including phenoxy) is 1. The van der Waals surface area contributed by atoms with Gasteiger partial charge in [0.15, 0.2) is 5.82 Å². The fraction of sp³-hybridized carbons (Fsp3) is 0.450. The van der Waals surface area contributed by atoms with Gasteiger partial charge in [0.1, 0.15) is 40.6 Å². The van der Waals surface area contributed by atoms with E-state index >= 15 is 0 Å².